The summed E-state index contributed by atoms with van der Waals surface area (Å²) < 4.78 is 0. The maximum Gasteiger partial charge on any atom is 0.128 e. The van der Waals surface area contributed by atoms with Crippen LogP contribution in [0.4, 0.5) is 5.82 Å². The summed E-state index contributed by atoms with van der Waals surface area (Å²) in [7, 11) is 0. The maximum absolute atomic E-state index is 4.62. The Balaban J connectivity index is 1.58. The van der Waals surface area contributed by atoms with Crippen LogP contribution in [-0.4, -0.2) is 35.6 Å². The molecule has 1 aliphatic heterocycles. The van der Waals surface area contributed by atoms with Gasteiger partial charge in [0.15, 0.2) is 0 Å². The summed E-state index contributed by atoms with van der Waals surface area (Å²) in [6.07, 6.45) is 5.99. The molecule has 2 heterocycles. The van der Waals surface area contributed by atoms with Gasteiger partial charge in [-0.1, -0.05) is 6.07 Å². The molecule has 3 nitrogen and oxygen atoms in total. The fraction of sp³-hybridized carbons (Fsp3) is 0.643. The lowest BCUT2D eigenvalue weighted by atomic mass is 10.2. The molecule has 1 aliphatic carbocycles. The van der Waals surface area contributed by atoms with E-state index in [-0.39, 0.29) is 0 Å². The summed E-state index contributed by atoms with van der Waals surface area (Å²) in [4.78, 5) is 7.03. The monoisotopic (exact) mass is 263 g/mol. The lowest BCUT2D eigenvalue weighted by molar-refractivity contribution is 0.685. The van der Waals surface area contributed by atoms with Crippen LogP contribution < -0.4 is 10.2 Å². The van der Waals surface area contributed by atoms with Crippen molar-refractivity contribution in [1.82, 2.24) is 10.3 Å². The Kier molecular flexibility index (Phi) is 4.06. The summed E-state index contributed by atoms with van der Waals surface area (Å²) >= 11 is 2.06. The van der Waals surface area contributed by atoms with Gasteiger partial charge in [-0.25, -0.2) is 4.98 Å². The van der Waals surface area contributed by atoms with Gasteiger partial charge in [0.2, 0.25) is 0 Å². The molecule has 2 aliphatic rings. The number of aromatic nitrogens is 1. The van der Waals surface area contributed by atoms with Crippen molar-refractivity contribution in [2.45, 2.75) is 31.8 Å². The zero-order chi connectivity index (χ0) is 12.2. The molecule has 4 heteroatoms. The first-order valence-electron chi connectivity index (χ1n) is 6.93. The summed E-state index contributed by atoms with van der Waals surface area (Å²) in [6.45, 7) is 3.25. The van der Waals surface area contributed by atoms with Crippen LogP contribution in [-0.2, 0) is 6.54 Å². The van der Waals surface area contributed by atoms with Crippen LogP contribution in [0.15, 0.2) is 18.3 Å². The van der Waals surface area contributed by atoms with Gasteiger partial charge in [-0.2, -0.15) is 11.8 Å². The normalized spacial score (nSPS) is 20.8. The van der Waals surface area contributed by atoms with Gasteiger partial charge < -0.3 is 10.2 Å². The first kappa shape index (κ1) is 12.3. The van der Waals surface area contributed by atoms with E-state index in [9.17, 15) is 0 Å². The van der Waals surface area contributed by atoms with Gasteiger partial charge >= 0.3 is 0 Å². The van der Waals surface area contributed by atoms with Crippen molar-refractivity contribution in [3.8, 4) is 0 Å². The van der Waals surface area contributed by atoms with Crippen molar-refractivity contribution >= 4 is 17.6 Å². The molecule has 18 heavy (non-hydrogen) atoms. The van der Waals surface area contributed by atoms with E-state index < -0.39 is 0 Å². The predicted octanol–water partition coefficient (Wildman–Crippen LogP) is 2.28. The van der Waals surface area contributed by atoms with Crippen LogP contribution in [0.1, 0.15) is 24.8 Å². The van der Waals surface area contributed by atoms with E-state index in [4.69, 9.17) is 0 Å². The molecule has 0 spiro atoms. The Morgan fingerprint density at radius 2 is 2.22 bits per heavy atom. The first-order valence-corrected chi connectivity index (χ1v) is 8.08. The molecule has 1 saturated carbocycles. The average molecular weight is 263 g/mol. The zero-order valence-electron chi connectivity index (χ0n) is 10.8. The molecule has 98 valence electrons. The van der Waals surface area contributed by atoms with Crippen LogP contribution in [0.3, 0.4) is 0 Å². The van der Waals surface area contributed by atoms with E-state index in [0.717, 1.165) is 31.5 Å². The Morgan fingerprint density at radius 1 is 1.28 bits per heavy atom. The molecule has 3 rings (SSSR count). The van der Waals surface area contributed by atoms with E-state index in [2.05, 4.69) is 39.1 Å². The van der Waals surface area contributed by atoms with Crippen molar-refractivity contribution in [2.75, 3.05) is 29.5 Å². The quantitative estimate of drug-likeness (QED) is 0.902. The predicted molar refractivity (Wildman–Crippen MR) is 78.3 cm³/mol. The fourth-order valence-electron chi connectivity index (χ4n) is 2.23. The van der Waals surface area contributed by atoms with Gasteiger partial charge in [0.1, 0.15) is 5.82 Å². The first-order chi connectivity index (χ1) is 8.92. The summed E-state index contributed by atoms with van der Waals surface area (Å²) in [5.74, 6) is 3.67. The minimum Gasteiger partial charge on any atom is -0.356 e. The summed E-state index contributed by atoms with van der Waals surface area (Å²) in [5, 5.41) is 3.52. The second kappa shape index (κ2) is 5.93. The molecular weight excluding hydrogens is 242 g/mol. The summed E-state index contributed by atoms with van der Waals surface area (Å²) in [5.41, 5.74) is 1.30. The smallest absolute Gasteiger partial charge is 0.128 e. The van der Waals surface area contributed by atoms with Gasteiger partial charge in [0.05, 0.1) is 0 Å². The van der Waals surface area contributed by atoms with Gasteiger partial charge in [0.25, 0.3) is 0 Å². The number of hydrogen-bond acceptors (Lipinski definition) is 4. The third-order valence-electron chi connectivity index (χ3n) is 3.53. The molecule has 1 saturated heterocycles. The molecule has 2 fully saturated rings. The second-order valence-electron chi connectivity index (χ2n) is 5.13. The average Bonchev–Trinajstić information content (AvgIpc) is 3.24. The Bertz CT molecular complexity index is 367. The highest BCUT2D eigenvalue weighted by Gasteiger charge is 2.20. The number of nitrogens with one attached hydrogen (secondary N) is 1. The maximum atomic E-state index is 4.62. The van der Waals surface area contributed by atoms with Crippen LogP contribution in [0.25, 0.3) is 0 Å². The fourth-order valence-corrected chi connectivity index (χ4v) is 3.12. The van der Waals surface area contributed by atoms with E-state index in [1.807, 2.05) is 6.20 Å². The summed E-state index contributed by atoms with van der Waals surface area (Å²) in [6, 6.07) is 5.17. The van der Waals surface area contributed by atoms with Crippen LogP contribution in [0, 0.1) is 0 Å². The topological polar surface area (TPSA) is 28.2 Å². The number of rotatable bonds is 4. The standard InChI is InChI=1S/C14H21N3S/c1-6-17(7-9-18-8-1)14-5-2-12(11-16-14)10-15-13-3-4-13/h2,5,11,13,15H,1,3-4,6-10H2. The van der Waals surface area contributed by atoms with Crippen molar-refractivity contribution in [3.63, 3.8) is 0 Å². The molecule has 0 radical (unpaired) electrons. The SMILES string of the molecule is c1cc(N2CCCSCC2)ncc1CNC1CC1. The molecule has 0 bridgehead atoms. The molecular formula is C14H21N3S. The van der Waals surface area contributed by atoms with Crippen LogP contribution in [0.5, 0.6) is 0 Å². The van der Waals surface area contributed by atoms with Gasteiger partial charge in [-0.15, -0.1) is 0 Å². The highest BCUT2D eigenvalue weighted by atomic mass is 32.2. The molecule has 0 atom stereocenters. The number of anilines is 1. The second-order valence-corrected chi connectivity index (χ2v) is 6.36. The van der Waals surface area contributed by atoms with E-state index in [1.54, 1.807) is 0 Å². The molecule has 1 aromatic rings. The van der Waals surface area contributed by atoms with Gasteiger partial charge in [0, 0.05) is 37.6 Å². The molecule has 0 aromatic carbocycles. The molecule has 1 N–H and O–H groups in total. The highest BCUT2D eigenvalue weighted by molar-refractivity contribution is 7.99. The minimum atomic E-state index is 0.771. The Morgan fingerprint density at radius 3 is 3.00 bits per heavy atom. The third kappa shape index (κ3) is 3.39. The number of nitrogens with zero attached hydrogens (tertiary/aromatic N) is 2. The van der Waals surface area contributed by atoms with Crippen molar-refractivity contribution in [1.29, 1.82) is 0 Å². The van der Waals surface area contributed by atoms with Crippen molar-refractivity contribution in [3.05, 3.63) is 23.9 Å². The molecule has 0 amide bonds. The van der Waals surface area contributed by atoms with Crippen LogP contribution >= 0.6 is 11.8 Å². The van der Waals surface area contributed by atoms with Crippen LogP contribution in [0.2, 0.25) is 0 Å². The minimum absolute atomic E-state index is 0.771. The van der Waals surface area contributed by atoms with E-state index in [1.165, 1.54) is 36.3 Å². The third-order valence-corrected chi connectivity index (χ3v) is 4.58. The Labute approximate surface area is 113 Å². The van der Waals surface area contributed by atoms with Crippen molar-refractivity contribution < 1.29 is 0 Å². The van der Waals surface area contributed by atoms with Crippen molar-refractivity contribution in [2.24, 2.45) is 0 Å². The zero-order valence-corrected chi connectivity index (χ0v) is 11.6. The highest BCUT2D eigenvalue weighted by Crippen LogP contribution is 2.20. The number of thioether (sulfide) groups is 1. The lowest BCUT2D eigenvalue weighted by Gasteiger charge is -2.21. The van der Waals surface area contributed by atoms with E-state index >= 15 is 0 Å². The van der Waals surface area contributed by atoms with Gasteiger partial charge in [-0.05, 0) is 36.6 Å². The Hall–Kier alpha value is -0.740. The molecule has 0 unspecified atom stereocenters. The number of hydrogen-bond donors (Lipinski definition) is 1. The van der Waals surface area contributed by atoms with E-state index in [0.29, 0.717) is 0 Å². The largest absolute Gasteiger partial charge is 0.356 e. The van der Waals surface area contributed by atoms with Gasteiger partial charge in [-0.3, -0.25) is 0 Å². The lowest BCUT2D eigenvalue weighted by Crippen LogP contribution is -2.26. The number of pyridine rings is 1. The molecule has 1 aromatic heterocycles.